The third-order valence-electron chi connectivity index (χ3n) is 4.25. The maximum absolute atomic E-state index is 13.0. The monoisotopic (exact) mass is 513 g/mol. The molecule has 0 bridgehead atoms. The van der Waals surface area contributed by atoms with Gasteiger partial charge in [-0.3, -0.25) is 4.79 Å². The summed E-state index contributed by atoms with van der Waals surface area (Å²) >= 11 is 0. The molecule has 7 nitrogen and oxygen atoms in total. The lowest BCUT2D eigenvalue weighted by Crippen LogP contribution is -2.28. The molecule has 0 radical (unpaired) electrons. The SMILES string of the molecule is CC(NC(=O)c1cc(C(F)(F)F)cc(C(F)(F)F)c1)c1nc(OC(F)(F)F)n(-c2ccccn2)n1. The van der Waals surface area contributed by atoms with Crippen LogP contribution in [0, 0.1) is 0 Å². The summed E-state index contributed by atoms with van der Waals surface area (Å²) in [4.78, 5) is 19.8. The quantitative estimate of drug-likeness (QED) is 0.481. The fourth-order valence-corrected chi connectivity index (χ4v) is 2.72. The molecule has 1 aromatic carbocycles. The number of alkyl halides is 9. The zero-order chi connectivity index (χ0) is 26.2. The van der Waals surface area contributed by atoms with Gasteiger partial charge in [-0.1, -0.05) is 6.07 Å². The van der Waals surface area contributed by atoms with Crippen molar-refractivity contribution in [2.24, 2.45) is 0 Å². The first-order chi connectivity index (χ1) is 16.0. The minimum atomic E-state index is -5.19. The summed E-state index contributed by atoms with van der Waals surface area (Å²) in [6.45, 7) is 1.14. The predicted molar refractivity (Wildman–Crippen MR) is 98.2 cm³/mol. The summed E-state index contributed by atoms with van der Waals surface area (Å²) in [5, 5.41) is 5.82. The Bertz CT molecular complexity index is 1170. The molecule has 0 aliphatic rings. The van der Waals surface area contributed by atoms with Crippen molar-refractivity contribution in [3.05, 3.63) is 65.1 Å². The predicted octanol–water partition coefficient (Wildman–Crippen LogP) is 5.09. The molecule has 0 aliphatic heterocycles. The average molecular weight is 513 g/mol. The molecule has 0 spiro atoms. The minimum absolute atomic E-state index is 0.156. The summed E-state index contributed by atoms with van der Waals surface area (Å²) in [6, 6.07) is 1.92. The Balaban J connectivity index is 1.94. The second kappa shape index (κ2) is 9.07. The molecule has 0 saturated carbocycles. The lowest BCUT2D eigenvalue weighted by molar-refractivity contribution is -0.278. The highest BCUT2D eigenvalue weighted by Gasteiger charge is 2.38. The van der Waals surface area contributed by atoms with E-state index in [1.165, 1.54) is 24.4 Å². The molecular formula is C19H12F9N5O2. The zero-order valence-corrected chi connectivity index (χ0v) is 17.1. The molecule has 1 amide bonds. The third-order valence-corrected chi connectivity index (χ3v) is 4.25. The topological polar surface area (TPSA) is 81.9 Å². The van der Waals surface area contributed by atoms with E-state index in [1.54, 1.807) is 0 Å². The first-order valence-electron chi connectivity index (χ1n) is 9.29. The third kappa shape index (κ3) is 6.39. The van der Waals surface area contributed by atoms with E-state index < -0.39 is 59.2 Å². The number of pyridine rings is 1. The van der Waals surface area contributed by atoms with E-state index in [4.69, 9.17) is 0 Å². The van der Waals surface area contributed by atoms with Crippen LogP contribution in [0.25, 0.3) is 5.82 Å². The van der Waals surface area contributed by atoms with Crippen LogP contribution in [0.3, 0.4) is 0 Å². The van der Waals surface area contributed by atoms with Gasteiger partial charge < -0.3 is 10.1 Å². The van der Waals surface area contributed by atoms with Crippen molar-refractivity contribution < 1.29 is 49.0 Å². The van der Waals surface area contributed by atoms with Crippen molar-refractivity contribution in [2.45, 2.75) is 31.7 Å². The van der Waals surface area contributed by atoms with Gasteiger partial charge in [-0.25, -0.2) is 4.98 Å². The summed E-state index contributed by atoms with van der Waals surface area (Å²) in [5.41, 5.74) is -4.43. The van der Waals surface area contributed by atoms with Crippen LogP contribution in [0.5, 0.6) is 6.01 Å². The zero-order valence-electron chi connectivity index (χ0n) is 17.1. The van der Waals surface area contributed by atoms with E-state index in [2.05, 4.69) is 25.1 Å². The molecule has 188 valence electrons. The number of carbonyl (C=O) groups is 1. The molecule has 0 saturated heterocycles. The van der Waals surface area contributed by atoms with Gasteiger partial charge in [0.25, 0.3) is 5.91 Å². The van der Waals surface area contributed by atoms with E-state index in [9.17, 15) is 44.3 Å². The maximum atomic E-state index is 13.0. The first-order valence-corrected chi connectivity index (χ1v) is 9.29. The van der Waals surface area contributed by atoms with Gasteiger partial charge in [-0.2, -0.15) is 36.0 Å². The highest BCUT2D eigenvalue weighted by molar-refractivity contribution is 5.94. The Kier molecular flexibility index (Phi) is 6.68. The Hall–Kier alpha value is -3.85. The standard InChI is InChI=1S/C19H12F9N5O2/c1-9(14-31-16(35-19(26,27)28)33(32-14)13-4-2-3-5-29-13)30-15(34)10-6-11(17(20,21)22)8-12(7-10)18(23,24)25/h2-9H,1H3,(H,30,34). The highest BCUT2D eigenvalue weighted by atomic mass is 19.4. The number of halogens is 9. The summed E-state index contributed by atoms with van der Waals surface area (Å²) in [5.74, 6) is -2.04. The Morgan fingerprint density at radius 1 is 0.971 bits per heavy atom. The molecule has 16 heteroatoms. The van der Waals surface area contributed by atoms with Crippen LogP contribution in [0.2, 0.25) is 0 Å². The molecular weight excluding hydrogens is 501 g/mol. The summed E-state index contributed by atoms with van der Waals surface area (Å²) in [6.07, 6.45) is -14.3. The first kappa shape index (κ1) is 25.8. The molecule has 0 aliphatic carbocycles. The maximum Gasteiger partial charge on any atom is 0.575 e. The van der Waals surface area contributed by atoms with Crippen LogP contribution in [-0.2, 0) is 12.4 Å². The Morgan fingerprint density at radius 3 is 2.06 bits per heavy atom. The average Bonchev–Trinajstić information content (AvgIpc) is 3.15. The van der Waals surface area contributed by atoms with E-state index in [0.29, 0.717) is 4.68 Å². The van der Waals surface area contributed by atoms with Gasteiger partial charge in [0.05, 0.1) is 17.2 Å². The normalized spacial score (nSPS) is 13.4. The molecule has 1 atom stereocenters. The Morgan fingerprint density at radius 2 is 1.57 bits per heavy atom. The van der Waals surface area contributed by atoms with Crippen LogP contribution in [0.1, 0.15) is 40.3 Å². The number of aromatic nitrogens is 4. The second-order valence-corrected chi connectivity index (χ2v) is 6.89. The number of amides is 1. The van der Waals surface area contributed by atoms with Crippen LogP contribution < -0.4 is 10.1 Å². The molecule has 3 rings (SSSR count). The van der Waals surface area contributed by atoms with E-state index in [1.807, 2.05) is 0 Å². The van der Waals surface area contributed by atoms with E-state index in [0.717, 1.165) is 6.92 Å². The lowest BCUT2D eigenvalue weighted by Gasteiger charge is -2.15. The number of ether oxygens (including phenoxy) is 1. The molecule has 1 N–H and O–H groups in total. The minimum Gasteiger partial charge on any atom is -0.370 e. The highest BCUT2D eigenvalue weighted by Crippen LogP contribution is 2.36. The molecule has 2 heterocycles. The van der Waals surface area contributed by atoms with Gasteiger partial charge in [-0.05, 0) is 37.3 Å². The number of carbonyl (C=O) groups excluding carboxylic acids is 1. The molecule has 2 aromatic heterocycles. The lowest BCUT2D eigenvalue weighted by atomic mass is 10.0. The van der Waals surface area contributed by atoms with Gasteiger partial charge in [-0.15, -0.1) is 18.3 Å². The largest absolute Gasteiger partial charge is 0.575 e. The number of nitrogens with one attached hydrogen (secondary N) is 1. The molecule has 35 heavy (non-hydrogen) atoms. The number of hydrogen-bond donors (Lipinski definition) is 1. The van der Waals surface area contributed by atoms with Crippen molar-refractivity contribution in [2.75, 3.05) is 0 Å². The fraction of sp³-hybridized carbons (Fsp3) is 0.263. The van der Waals surface area contributed by atoms with Gasteiger partial charge in [0.1, 0.15) is 0 Å². The number of nitrogens with zero attached hydrogens (tertiary/aromatic N) is 4. The Labute approximate surface area is 189 Å². The van der Waals surface area contributed by atoms with Crippen molar-refractivity contribution in [1.29, 1.82) is 0 Å². The van der Waals surface area contributed by atoms with Crippen LogP contribution in [-0.4, -0.2) is 32.0 Å². The molecule has 1 unspecified atom stereocenters. The van der Waals surface area contributed by atoms with Crippen LogP contribution >= 0.6 is 0 Å². The summed E-state index contributed by atoms with van der Waals surface area (Å²) < 4.78 is 121. The van der Waals surface area contributed by atoms with Crippen molar-refractivity contribution in [3.8, 4) is 11.8 Å². The fourth-order valence-electron chi connectivity index (χ4n) is 2.72. The molecule has 3 aromatic rings. The van der Waals surface area contributed by atoms with E-state index in [-0.39, 0.29) is 24.0 Å². The number of hydrogen-bond acceptors (Lipinski definition) is 5. The smallest absolute Gasteiger partial charge is 0.370 e. The van der Waals surface area contributed by atoms with Crippen LogP contribution in [0.4, 0.5) is 39.5 Å². The van der Waals surface area contributed by atoms with Gasteiger partial charge in [0.15, 0.2) is 11.6 Å². The van der Waals surface area contributed by atoms with Gasteiger partial charge in [0, 0.05) is 11.8 Å². The number of rotatable bonds is 5. The van der Waals surface area contributed by atoms with Crippen molar-refractivity contribution in [3.63, 3.8) is 0 Å². The number of benzene rings is 1. The van der Waals surface area contributed by atoms with Crippen molar-refractivity contribution >= 4 is 5.91 Å². The summed E-state index contributed by atoms with van der Waals surface area (Å²) in [7, 11) is 0. The molecule has 0 fully saturated rings. The van der Waals surface area contributed by atoms with Crippen molar-refractivity contribution in [1.82, 2.24) is 25.1 Å². The van der Waals surface area contributed by atoms with Crippen LogP contribution in [0.15, 0.2) is 42.6 Å². The van der Waals surface area contributed by atoms with Gasteiger partial charge >= 0.3 is 24.7 Å². The second-order valence-electron chi connectivity index (χ2n) is 6.89. The van der Waals surface area contributed by atoms with E-state index >= 15 is 0 Å². The van der Waals surface area contributed by atoms with Gasteiger partial charge in [0.2, 0.25) is 0 Å².